The van der Waals surface area contributed by atoms with Gasteiger partial charge in [-0.25, -0.2) is 0 Å². The Morgan fingerprint density at radius 3 is 2.90 bits per heavy atom. The SMILES string of the molecule is O=C(O)CC1CCCN1C(=O)C1CC1c1cccc(Cl)c1. The molecule has 4 nitrogen and oxygen atoms in total. The van der Waals surface area contributed by atoms with Crippen LogP contribution in [0.15, 0.2) is 24.3 Å². The lowest BCUT2D eigenvalue weighted by molar-refractivity contribution is -0.140. The minimum Gasteiger partial charge on any atom is -0.481 e. The van der Waals surface area contributed by atoms with E-state index in [4.69, 9.17) is 16.7 Å². The number of aliphatic carboxylic acids is 1. The van der Waals surface area contributed by atoms with Gasteiger partial charge in [-0.2, -0.15) is 0 Å². The molecule has 1 heterocycles. The molecule has 1 aromatic rings. The van der Waals surface area contributed by atoms with Crippen LogP contribution in [0.25, 0.3) is 0 Å². The fourth-order valence-corrected chi connectivity index (χ4v) is 3.52. The average Bonchev–Trinajstić information content (AvgIpc) is 3.11. The van der Waals surface area contributed by atoms with Gasteiger partial charge < -0.3 is 10.0 Å². The summed E-state index contributed by atoms with van der Waals surface area (Å²) in [4.78, 5) is 25.2. The van der Waals surface area contributed by atoms with E-state index >= 15 is 0 Å². The zero-order chi connectivity index (χ0) is 15.0. The summed E-state index contributed by atoms with van der Waals surface area (Å²) >= 11 is 5.99. The molecular weight excluding hydrogens is 290 g/mol. The molecule has 1 aliphatic heterocycles. The van der Waals surface area contributed by atoms with Gasteiger partial charge in [0.15, 0.2) is 0 Å². The first-order valence-electron chi connectivity index (χ1n) is 7.34. The predicted molar refractivity (Wildman–Crippen MR) is 79.3 cm³/mol. The Labute approximate surface area is 128 Å². The number of halogens is 1. The standard InChI is InChI=1S/C16H18ClNO3/c17-11-4-1-3-10(7-11)13-9-14(13)16(21)18-6-2-5-12(18)8-15(19)20/h1,3-4,7,12-14H,2,5-6,8-9H2,(H,19,20). The number of hydrogen-bond acceptors (Lipinski definition) is 2. The first-order valence-corrected chi connectivity index (χ1v) is 7.72. The minimum absolute atomic E-state index is 0.00198. The van der Waals surface area contributed by atoms with Gasteiger partial charge in [-0.1, -0.05) is 23.7 Å². The summed E-state index contributed by atoms with van der Waals surface area (Å²) in [5, 5.41) is 9.63. The number of carboxylic acid groups (broad SMARTS) is 1. The van der Waals surface area contributed by atoms with Crippen molar-refractivity contribution in [3.63, 3.8) is 0 Å². The van der Waals surface area contributed by atoms with Crippen LogP contribution in [-0.4, -0.2) is 34.5 Å². The summed E-state index contributed by atoms with van der Waals surface area (Å²) in [6.07, 6.45) is 2.60. The van der Waals surface area contributed by atoms with Crippen molar-refractivity contribution in [2.24, 2.45) is 5.92 Å². The van der Waals surface area contributed by atoms with Gasteiger partial charge in [0.05, 0.1) is 6.42 Å². The number of carbonyl (C=O) groups excluding carboxylic acids is 1. The Hall–Kier alpha value is -1.55. The van der Waals surface area contributed by atoms with E-state index in [-0.39, 0.29) is 30.2 Å². The van der Waals surface area contributed by atoms with Gasteiger partial charge in [0.25, 0.3) is 0 Å². The largest absolute Gasteiger partial charge is 0.481 e. The molecule has 2 aliphatic rings. The quantitative estimate of drug-likeness (QED) is 0.930. The number of carboxylic acids is 1. The Morgan fingerprint density at radius 1 is 1.38 bits per heavy atom. The Balaban J connectivity index is 1.66. The third kappa shape index (κ3) is 3.05. The fraction of sp³-hybridized carbons (Fsp3) is 0.500. The molecule has 2 fully saturated rings. The lowest BCUT2D eigenvalue weighted by Gasteiger charge is -2.23. The van der Waals surface area contributed by atoms with E-state index in [1.807, 2.05) is 24.3 Å². The number of carbonyl (C=O) groups is 2. The Kier molecular flexibility index (Phi) is 3.89. The van der Waals surface area contributed by atoms with E-state index < -0.39 is 5.97 Å². The van der Waals surface area contributed by atoms with Crippen molar-refractivity contribution >= 4 is 23.5 Å². The highest BCUT2D eigenvalue weighted by Gasteiger charge is 2.47. The molecule has 3 atom stereocenters. The third-order valence-corrected chi connectivity index (χ3v) is 4.69. The maximum absolute atomic E-state index is 12.6. The van der Waals surface area contributed by atoms with Gasteiger partial charge >= 0.3 is 5.97 Å². The molecule has 1 N–H and O–H groups in total. The van der Waals surface area contributed by atoms with Crippen molar-refractivity contribution in [1.82, 2.24) is 4.90 Å². The first kappa shape index (κ1) is 14.4. The number of benzene rings is 1. The lowest BCUT2D eigenvalue weighted by Crippen LogP contribution is -2.38. The monoisotopic (exact) mass is 307 g/mol. The van der Waals surface area contributed by atoms with Crippen LogP contribution in [0.1, 0.15) is 37.2 Å². The summed E-state index contributed by atoms with van der Waals surface area (Å²) in [7, 11) is 0. The van der Waals surface area contributed by atoms with Gasteiger partial charge in [0.1, 0.15) is 0 Å². The van der Waals surface area contributed by atoms with Crippen molar-refractivity contribution < 1.29 is 14.7 Å². The maximum Gasteiger partial charge on any atom is 0.305 e. The lowest BCUT2D eigenvalue weighted by atomic mass is 10.1. The maximum atomic E-state index is 12.6. The van der Waals surface area contributed by atoms with E-state index in [2.05, 4.69) is 0 Å². The second-order valence-corrected chi connectivity index (χ2v) is 6.37. The summed E-state index contributed by atoms with van der Waals surface area (Å²) in [5.74, 6) is -0.481. The molecule has 1 amide bonds. The van der Waals surface area contributed by atoms with Gasteiger partial charge in [0, 0.05) is 23.5 Å². The highest BCUT2D eigenvalue weighted by Crippen LogP contribution is 2.49. The molecule has 0 spiro atoms. The van der Waals surface area contributed by atoms with E-state index in [1.54, 1.807) is 4.90 Å². The van der Waals surface area contributed by atoms with Gasteiger partial charge in [0.2, 0.25) is 5.91 Å². The van der Waals surface area contributed by atoms with Crippen LogP contribution in [0.2, 0.25) is 5.02 Å². The van der Waals surface area contributed by atoms with Crippen LogP contribution in [0.4, 0.5) is 0 Å². The van der Waals surface area contributed by atoms with Crippen LogP contribution in [0.5, 0.6) is 0 Å². The molecule has 0 bridgehead atoms. The van der Waals surface area contributed by atoms with Crippen molar-refractivity contribution in [3.05, 3.63) is 34.9 Å². The molecule has 21 heavy (non-hydrogen) atoms. The average molecular weight is 308 g/mol. The molecule has 1 saturated heterocycles. The van der Waals surface area contributed by atoms with Crippen LogP contribution in [0.3, 0.4) is 0 Å². The van der Waals surface area contributed by atoms with Crippen LogP contribution in [0, 0.1) is 5.92 Å². The number of rotatable bonds is 4. The summed E-state index contributed by atoms with van der Waals surface area (Å²) in [6.45, 7) is 0.690. The van der Waals surface area contributed by atoms with Crippen LogP contribution < -0.4 is 0 Å². The Bertz CT molecular complexity index is 574. The summed E-state index contributed by atoms with van der Waals surface area (Å²) in [5.41, 5.74) is 1.11. The number of likely N-dealkylation sites (tertiary alicyclic amines) is 1. The normalized spacial score (nSPS) is 27.7. The number of nitrogens with zero attached hydrogens (tertiary/aromatic N) is 1. The fourth-order valence-electron chi connectivity index (χ4n) is 3.33. The van der Waals surface area contributed by atoms with E-state index in [1.165, 1.54) is 0 Å². The van der Waals surface area contributed by atoms with E-state index in [9.17, 15) is 9.59 Å². The molecule has 3 rings (SSSR count). The molecule has 5 heteroatoms. The molecule has 1 aromatic carbocycles. The molecule has 112 valence electrons. The molecular formula is C16H18ClNO3. The van der Waals surface area contributed by atoms with Gasteiger partial charge in [-0.05, 0) is 42.9 Å². The zero-order valence-corrected chi connectivity index (χ0v) is 12.4. The topological polar surface area (TPSA) is 57.6 Å². The van der Waals surface area contributed by atoms with Gasteiger partial charge in [-0.15, -0.1) is 0 Å². The van der Waals surface area contributed by atoms with Crippen molar-refractivity contribution in [2.75, 3.05) is 6.54 Å². The Morgan fingerprint density at radius 2 is 2.19 bits per heavy atom. The van der Waals surface area contributed by atoms with Crippen LogP contribution in [-0.2, 0) is 9.59 Å². The second-order valence-electron chi connectivity index (χ2n) is 5.93. The van der Waals surface area contributed by atoms with Crippen molar-refractivity contribution in [3.8, 4) is 0 Å². The molecule has 3 unspecified atom stereocenters. The van der Waals surface area contributed by atoms with E-state index in [0.29, 0.717) is 11.6 Å². The minimum atomic E-state index is -0.832. The van der Waals surface area contributed by atoms with Crippen molar-refractivity contribution in [2.45, 2.75) is 37.6 Å². The molecule has 1 saturated carbocycles. The smallest absolute Gasteiger partial charge is 0.305 e. The predicted octanol–water partition coefficient (Wildman–Crippen LogP) is 2.91. The zero-order valence-electron chi connectivity index (χ0n) is 11.7. The summed E-state index contributed by atoms with van der Waals surface area (Å²) < 4.78 is 0. The molecule has 0 aromatic heterocycles. The number of amides is 1. The van der Waals surface area contributed by atoms with Crippen LogP contribution >= 0.6 is 11.6 Å². The van der Waals surface area contributed by atoms with E-state index in [0.717, 1.165) is 24.8 Å². The highest BCUT2D eigenvalue weighted by atomic mass is 35.5. The summed E-state index contributed by atoms with van der Waals surface area (Å²) in [6, 6.07) is 7.52. The third-order valence-electron chi connectivity index (χ3n) is 4.45. The number of hydrogen-bond donors (Lipinski definition) is 1. The second kappa shape index (κ2) is 5.68. The van der Waals surface area contributed by atoms with Gasteiger partial charge in [-0.3, -0.25) is 9.59 Å². The highest BCUT2D eigenvalue weighted by molar-refractivity contribution is 6.30. The van der Waals surface area contributed by atoms with Crippen molar-refractivity contribution in [1.29, 1.82) is 0 Å². The molecule has 1 aliphatic carbocycles. The first-order chi connectivity index (χ1) is 10.1. The molecule has 0 radical (unpaired) electrons.